The Balaban J connectivity index is 2.29. The summed E-state index contributed by atoms with van der Waals surface area (Å²) in [7, 11) is 0. The minimum atomic E-state index is 0.537. The van der Waals surface area contributed by atoms with Gasteiger partial charge in [0.05, 0.1) is 18.2 Å². The molecule has 0 spiro atoms. The maximum Gasteiger partial charge on any atom is 0.129 e. The maximum absolute atomic E-state index is 9.16. The number of thiophene rings is 1. The van der Waals surface area contributed by atoms with Crippen LogP contribution in [0.15, 0.2) is 53.3 Å². The SMILES string of the molecule is N#Cc1sc(-c2ccoc2)c(-c2ccccc2)c1N. The lowest BCUT2D eigenvalue weighted by atomic mass is 10.0. The minimum Gasteiger partial charge on any atom is -0.472 e. The Morgan fingerprint density at radius 1 is 1.11 bits per heavy atom. The average molecular weight is 266 g/mol. The Kier molecular flexibility index (Phi) is 2.82. The minimum absolute atomic E-state index is 0.537. The number of hydrogen-bond acceptors (Lipinski definition) is 4. The van der Waals surface area contributed by atoms with Crippen molar-refractivity contribution in [3.05, 3.63) is 53.8 Å². The summed E-state index contributed by atoms with van der Waals surface area (Å²) in [6.45, 7) is 0. The molecule has 3 nitrogen and oxygen atoms in total. The Bertz CT molecular complexity index is 737. The molecule has 0 fully saturated rings. The maximum atomic E-state index is 9.16. The van der Waals surface area contributed by atoms with Gasteiger partial charge in [-0.05, 0) is 11.6 Å². The summed E-state index contributed by atoms with van der Waals surface area (Å²) in [6.07, 6.45) is 3.28. The molecule has 0 bridgehead atoms. The first-order chi connectivity index (χ1) is 9.31. The van der Waals surface area contributed by atoms with Crippen LogP contribution in [0, 0.1) is 11.3 Å². The van der Waals surface area contributed by atoms with Crippen LogP contribution in [0.5, 0.6) is 0 Å². The van der Waals surface area contributed by atoms with Crippen LogP contribution < -0.4 is 5.73 Å². The lowest BCUT2D eigenvalue weighted by Gasteiger charge is -2.03. The molecule has 0 aliphatic carbocycles. The molecule has 2 aromatic heterocycles. The first-order valence-corrected chi connectivity index (χ1v) is 6.53. The Hall–Kier alpha value is -2.51. The van der Waals surface area contributed by atoms with Crippen molar-refractivity contribution in [1.29, 1.82) is 5.26 Å². The standard InChI is InChI=1S/C15H10N2OS/c16-8-12-14(17)13(10-4-2-1-3-5-10)15(19-12)11-6-7-18-9-11/h1-7,9H,17H2. The first-order valence-electron chi connectivity index (χ1n) is 5.71. The van der Waals surface area contributed by atoms with Gasteiger partial charge in [0, 0.05) is 16.0 Å². The second-order valence-electron chi connectivity index (χ2n) is 4.04. The number of nitrogens with zero attached hydrogens (tertiary/aromatic N) is 1. The molecular formula is C15H10N2OS. The Morgan fingerprint density at radius 3 is 2.53 bits per heavy atom. The van der Waals surface area contributed by atoms with E-state index in [-0.39, 0.29) is 0 Å². The summed E-state index contributed by atoms with van der Waals surface area (Å²) in [5.74, 6) is 0. The van der Waals surface area contributed by atoms with Crippen molar-refractivity contribution in [2.24, 2.45) is 0 Å². The zero-order valence-corrected chi connectivity index (χ0v) is 10.8. The smallest absolute Gasteiger partial charge is 0.129 e. The Morgan fingerprint density at radius 2 is 1.89 bits per heavy atom. The molecule has 0 radical (unpaired) electrons. The van der Waals surface area contributed by atoms with Crippen LogP contribution in [0.4, 0.5) is 5.69 Å². The van der Waals surface area contributed by atoms with Crippen LogP contribution in [-0.4, -0.2) is 0 Å². The molecule has 0 atom stereocenters. The van der Waals surface area contributed by atoms with E-state index in [1.165, 1.54) is 11.3 Å². The van der Waals surface area contributed by atoms with Gasteiger partial charge in [-0.2, -0.15) is 5.26 Å². The van der Waals surface area contributed by atoms with E-state index in [1.807, 2.05) is 36.4 Å². The lowest BCUT2D eigenvalue weighted by molar-refractivity contribution is 0.568. The summed E-state index contributed by atoms with van der Waals surface area (Å²) >= 11 is 1.39. The highest BCUT2D eigenvalue weighted by Crippen LogP contribution is 2.44. The van der Waals surface area contributed by atoms with Gasteiger partial charge in [-0.3, -0.25) is 0 Å². The second-order valence-corrected chi connectivity index (χ2v) is 5.06. The van der Waals surface area contributed by atoms with Crippen molar-refractivity contribution in [3.8, 4) is 27.6 Å². The van der Waals surface area contributed by atoms with Gasteiger partial charge in [0.2, 0.25) is 0 Å². The molecule has 0 aliphatic heterocycles. The molecule has 0 aliphatic rings. The number of benzene rings is 1. The number of nitriles is 1. The van der Waals surface area contributed by atoms with Gasteiger partial charge < -0.3 is 10.2 Å². The molecular weight excluding hydrogens is 256 g/mol. The third-order valence-corrected chi connectivity index (χ3v) is 4.05. The normalized spacial score (nSPS) is 10.3. The van der Waals surface area contributed by atoms with E-state index in [2.05, 4.69) is 6.07 Å². The fraction of sp³-hybridized carbons (Fsp3) is 0. The van der Waals surface area contributed by atoms with E-state index in [0.29, 0.717) is 10.6 Å². The van der Waals surface area contributed by atoms with E-state index in [4.69, 9.17) is 15.4 Å². The number of nitrogen functional groups attached to an aromatic ring is 1. The largest absolute Gasteiger partial charge is 0.472 e. The van der Waals surface area contributed by atoms with Gasteiger partial charge in [0.25, 0.3) is 0 Å². The summed E-state index contributed by atoms with van der Waals surface area (Å²) in [5.41, 5.74) is 9.50. The number of furan rings is 1. The van der Waals surface area contributed by atoms with Gasteiger partial charge in [-0.15, -0.1) is 11.3 Å². The number of nitrogens with two attached hydrogens (primary N) is 1. The highest BCUT2D eigenvalue weighted by molar-refractivity contribution is 7.17. The molecule has 19 heavy (non-hydrogen) atoms. The third-order valence-electron chi connectivity index (χ3n) is 2.89. The highest BCUT2D eigenvalue weighted by Gasteiger charge is 2.19. The van der Waals surface area contributed by atoms with Crippen LogP contribution in [-0.2, 0) is 0 Å². The quantitative estimate of drug-likeness (QED) is 0.758. The van der Waals surface area contributed by atoms with E-state index < -0.39 is 0 Å². The molecule has 0 amide bonds. The highest BCUT2D eigenvalue weighted by atomic mass is 32.1. The van der Waals surface area contributed by atoms with Crippen LogP contribution in [0.2, 0.25) is 0 Å². The first kappa shape index (κ1) is 11.6. The van der Waals surface area contributed by atoms with Crippen molar-refractivity contribution in [3.63, 3.8) is 0 Å². The monoisotopic (exact) mass is 266 g/mol. The van der Waals surface area contributed by atoms with Crippen LogP contribution in [0.1, 0.15) is 4.88 Å². The number of hydrogen-bond donors (Lipinski definition) is 1. The molecule has 92 valence electrons. The topological polar surface area (TPSA) is 63.0 Å². The molecule has 0 unspecified atom stereocenters. The van der Waals surface area contributed by atoms with Crippen molar-refractivity contribution in [2.75, 3.05) is 5.73 Å². The average Bonchev–Trinajstić information content (AvgIpc) is 3.07. The number of rotatable bonds is 2. The lowest BCUT2D eigenvalue weighted by Crippen LogP contribution is -1.88. The van der Waals surface area contributed by atoms with Gasteiger partial charge in [-0.1, -0.05) is 30.3 Å². The van der Waals surface area contributed by atoms with Crippen molar-refractivity contribution in [2.45, 2.75) is 0 Å². The molecule has 3 rings (SSSR count). The van der Waals surface area contributed by atoms with E-state index in [9.17, 15) is 0 Å². The van der Waals surface area contributed by atoms with Gasteiger partial charge in [0.15, 0.2) is 0 Å². The Labute approximate surface area is 114 Å². The summed E-state index contributed by atoms with van der Waals surface area (Å²) in [6, 6.07) is 13.9. The molecule has 2 N–H and O–H groups in total. The molecule has 3 aromatic rings. The molecule has 4 heteroatoms. The summed E-state index contributed by atoms with van der Waals surface area (Å²) < 4.78 is 5.13. The second kappa shape index (κ2) is 4.63. The fourth-order valence-corrected chi connectivity index (χ4v) is 3.04. The van der Waals surface area contributed by atoms with Gasteiger partial charge in [-0.25, -0.2) is 0 Å². The van der Waals surface area contributed by atoms with Crippen molar-refractivity contribution < 1.29 is 4.42 Å². The molecule has 0 saturated heterocycles. The van der Waals surface area contributed by atoms with E-state index in [1.54, 1.807) is 12.5 Å². The van der Waals surface area contributed by atoms with E-state index >= 15 is 0 Å². The number of anilines is 1. The van der Waals surface area contributed by atoms with Gasteiger partial charge >= 0.3 is 0 Å². The van der Waals surface area contributed by atoms with Crippen LogP contribution in [0.25, 0.3) is 21.6 Å². The molecule has 1 aromatic carbocycles. The fourth-order valence-electron chi connectivity index (χ4n) is 2.02. The van der Waals surface area contributed by atoms with Crippen LogP contribution >= 0.6 is 11.3 Å². The van der Waals surface area contributed by atoms with Crippen molar-refractivity contribution >= 4 is 17.0 Å². The predicted octanol–water partition coefficient (Wildman–Crippen LogP) is 4.13. The zero-order valence-electron chi connectivity index (χ0n) is 9.96. The summed E-state index contributed by atoms with van der Waals surface area (Å²) in [4.78, 5) is 1.50. The molecule has 0 saturated carbocycles. The van der Waals surface area contributed by atoms with E-state index in [0.717, 1.165) is 21.6 Å². The van der Waals surface area contributed by atoms with Crippen LogP contribution in [0.3, 0.4) is 0 Å². The third kappa shape index (κ3) is 1.90. The van der Waals surface area contributed by atoms with Gasteiger partial charge in [0.1, 0.15) is 10.9 Å². The predicted molar refractivity (Wildman–Crippen MR) is 76.6 cm³/mol. The summed E-state index contributed by atoms with van der Waals surface area (Å²) in [5, 5.41) is 9.16. The zero-order chi connectivity index (χ0) is 13.2. The van der Waals surface area contributed by atoms with Crippen molar-refractivity contribution in [1.82, 2.24) is 0 Å². The molecule has 2 heterocycles.